The monoisotopic (exact) mass is 494 g/mol. The molecule has 0 bridgehead atoms. The number of hydrogen-bond acceptors (Lipinski definition) is 5. The van der Waals surface area contributed by atoms with Crippen molar-refractivity contribution in [2.24, 2.45) is 0 Å². The third-order valence-corrected chi connectivity index (χ3v) is 6.15. The second-order valence-corrected chi connectivity index (χ2v) is 8.37. The molecule has 29 heavy (non-hydrogen) atoms. The first-order chi connectivity index (χ1) is 13.8. The molecule has 7 nitrogen and oxygen atoms in total. The van der Waals surface area contributed by atoms with Gasteiger partial charge in [0.05, 0.1) is 11.8 Å². The lowest BCUT2D eigenvalue weighted by atomic mass is 10.1. The van der Waals surface area contributed by atoms with Crippen LogP contribution in [0.5, 0.6) is 0 Å². The first-order valence-electron chi connectivity index (χ1n) is 7.93. The van der Waals surface area contributed by atoms with Gasteiger partial charge in [-0.05, 0) is 35.4 Å². The third-order valence-electron chi connectivity index (χ3n) is 3.62. The summed E-state index contributed by atoms with van der Waals surface area (Å²) in [7, 11) is 0. The van der Waals surface area contributed by atoms with Gasteiger partial charge in [0.25, 0.3) is 5.09 Å². The molecule has 0 amide bonds. The zero-order valence-electron chi connectivity index (χ0n) is 14.6. The van der Waals surface area contributed by atoms with Gasteiger partial charge in [0.15, 0.2) is 0 Å². The summed E-state index contributed by atoms with van der Waals surface area (Å²) in [6, 6.07) is 11.0. The smallest absolute Gasteiger partial charge is 0.291 e. The summed E-state index contributed by atoms with van der Waals surface area (Å²) in [5, 5.41) is 20.4. The lowest BCUT2D eigenvalue weighted by molar-refractivity contribution is -0.742. The van der Waals surface area contributed by atoms with Crippen molar-refractivity contribution < 1.29 is 10.3 Å². The van der Waals surface area contributed by atoms with Crippen molar-refractivity contribution in [3.05, 3.63) is 90.4 Å². The van der Waals surface area contributed by atoms with Gasteiger partial charge >= 0.3 is 0 Å². The molecule has 0 aliphatic rings. The van der Waals surface area contributed by atoms with Crippen LogP contribution in [0.2, 0.25) is 20.1 Å². The lowest BCUT2D eigenvalue weighted by Gasteiger charge is -2.19. The largest absolute Gasteiger partial charge is 0.328 e. The third kappa shape index (κ3) is 7.56. The second kappa shape index (κ2) is 11.5. The van der Waals surface area contributed by atoms with E-state index >= 15 is 0 Å². The van der Waals surface area contributed by atoms with Crippen molar-refractivity contribution in [2.75, 3.05) is 0 Å². The molecule has 1 N–H and O–H groups in total. The Morgan fingerprint density at radius 2 is 1.79 bits per heavy atom. The van der Waals surface area contributed by atoms with Crippen LogP contribution in [-0.2, 0) is 12.3 Å². The molecule has 3 rings (SSSR count). The van der Waals surface area contributed by atoms with E-state index in [4.69, 9.17) is 61.7 Å². The molecule has 0 aliphatic heterocycles. The van der Waals surface area contributed by atoms with E-state index in [0.717, 1.165) is 11.1 Å². The van der Waals surface area contributed by atoms with Gasteiger partial charge in [-0.3, -0.25) is 4.68 Å². The van der Waals surface area contributed by atoms with Crippen molar-refractivity contribution in [1.82, 2.24) is 14.8 Å². The molecule has 154 valence electrons. The zero-order chi connectivity index (χ0) is 21.4. The summed E-state index contributed by atoms with van der Waals surface area (Å²) in [6.45, 7) is 0.619. The predicted molar refractivity (Wildman–Crippen MR) is 116 cm³/mol. The molecule has 0 radical (unpaired) electrons. The summed E-state index contributed by atoms with van der Waals surface area (Å²) in [5.74, 6) is 0.650. The van der Waals surface area contributed by atoms with Gasteiger partial charge in [0.1, 0.15) is 12.7 Å². The van der Waals surface area contributed by atoms with E-state index in [9.17, 15) is 0 Å². The van der Waals surface area contributed by atoms with E-state index in [0.29, 0.717) is 32.4 Å². The molecule has 12 heteroatoms. The maximum atomic E-state index is 8.36. The van der Waals surface area contributed by atoms with Gasteiger partial charge in [0.2, 0.25) is 0 Å². The van der Waals surface area contributed by atoms with Gasteiger partial charge in [-0.2, -0.15) is 5.10 Å². The molecule has 0 saturated heterocycles. The van der Waals surface area contributed by atoms with Crippen molar-refractivity contribution in [3.8, 4) is 0 Å². The molecule has 0 fully saturated rings. The van der Waals surface area contributed by atoms with Crippen molar-refractivity contribution in [3.63, 3.8) is 0 Å². The van der Waals surface area contributed by atoms with Crippen LogP contribution in [-0.4, -0.2) is 25.1 Å². The average molecular weight is 496 g/mol. The van der Waals surface area contributed by atoms with Gasteiger partial charge in [0, 0.05) is 25.8 Å². The van der Waals surface area contributed by atoms with Crippen LogP contribution >= 0.6 is 58.2 Å². The highest BCUT2D eigenvalue weighted by Gasteiger charge is 2.18. The van der Waals surface area contributed by atoms with Crippen LogP contribution in [0.3, 0.4) is 0 Å². The summed E-state index contributed by atoms with van der Waals surface area (Å²) >= 11 is 26.7. The fourth-order valence-electron chi connectivity index (χ4n) is 2.35. The molecule has 0 aliphatic carbocycles. The number of rotatable bonds is 6. The quantitative estimate of drug-likeness (QED) is 0.322. The van der Waals surface area contributed by atoms with E-state index in [1.54, 1.807) is 28.8 Å². The Labute approximate surface area is 190 Å². The molecular formula is C17H14Cl4N4O3S. The van der Waals surface area contributed by atoms with Crippen molar-refractivity contribution in [2.45, 2.75) is 17.5 Å². The molecule has 0 spiro atoms. The maximum Gasteiger partial charge on any atom is 0.291 e. The van der Waals surface area contributed by atoms with Crippen molar-refractivity contribution >= 4 is 58.2 Å². The van der Waals surface area contributed by atoms with E-state index < -0.39 is 5.09 Å². The fraction of sp³-hybridized carbons (Fsp3) is 0.176. The van der Waals surface area contributed by atoms with Crippen molar-refractivity contribution in [1.29, 1.82) is 0 Å². The molecule has 1 atom stereocenters. The summed E-state index contributed by atoms with van der Waals surface area (Å²) in [5.41, 5.74) is 1.89. The normalized spacial score (nSPS) is 11.4. The van der Waals surface area contributed by atoms with E-state index in [-0.39, 0.29) is 5.25 Å². The zero-order valence-corrected chi connectivity index (χ0v) is 18.4. The molecule has 3 aromatic rings. The molecular weight excluding hydrogens is 482 g/mol. The van der Waals surface area contributed by atoms with E-state index in [1.165, 1.54) is 6.33 Å². The fourth-order valence-corrected chi connectivity index (χ4v) is 4.97. The first kappa shape index (κ1) is 23.6. The highest BCUT2D eigenvalue weighted by atomic mass is 35.5. The predicted octanol–water partition coefficient (Wildman–Crippen LogP) is 6.22. The summed E-state index contributed by atoms with van der Waals surface area (Å²) < 4.78 is 1.77. The number of aromatic nitrogens is 3. The number of benzene rings is 2. The summed E-state index contributed by atoms with van der Waals surface area (Å²) in [6.07, 6.45) is 3.19. The highest BCUT2D eigenvalue weighted by Crippen LogP contribution is 2.40. The molecule has 1 unspecified atom stereocenters. The first-order valence-corrected chi connectivity index (χ1v) is 10.5. The molecule has 2 aromatic carbocycles. The van der Waals surface area contributed by atoms with Crippen LogP contribution in [0, 0.1) is 10.1 Å². The second-order valence-electron chi connectivity index (χ2n) is 5.52. The topological polar surface area (TPSA) is 94.1 Å². The van der Waals surface area contributed by atoms with Crippen LogP contribution < -0.4 is 0 Å². The molecule has 0 saturated carbocycles. The standard InChI is InChI=1S/C17H13Cl4N3S.HNO3/c18-11-4-5-12(16(21)6-11)17(7-24-10-22-9-23-24)25-8-13-14(19)2-1-3-15(13)20;2-1(3)4/h1-6,9-10,17H,7-8H2;(H,2,3,4). The maximum absolute atomic E-state index is 8.36. The van der Waals surface area contributed by atoms with Crippen LogP contribution in [0.4, 0.5) is 0 Å². The Morgan fingerprint density at radius 1 is 1.14 bits per heavy atom. The van der Waals surface area contributed by atoms with Gasteiger partial charge in [-0.15, -0.1) is 21.9 Å². The van der Waals surface area contributed by atoms with Gasteiger partial charge in [-0.25, -0.2) is 4.98 Å². The van der Waals surface area contributed by atoms with E-state index in [1.807, 2.05) is 30.3 Å². The Bertz CT molecular complexity index is 936. The average Bonchev–Trinajstić information content (AvgIpc) is 3.13. The number of nitrogens with zero attached hydrogens (tertiary/aromatic N) is 4. The minimum atomic E-state index is -1.50. The minimum absolute atomic E-state index is 0.0406. The SMILES string of the molecule is Clc1ccc(C(Cn2cncn2)SCc2c(Cl)cccc2Cl)c(Cl)c1.O=[N+]([O-])O. The number of halogens is 4. The van der Waals surface area contributed by atoms with Crippen LogP contribution in [0.15, 0.2) is 49.1 Å². The Balaban J connectivity index is 0.000000687. The van der Waals surface area contributed by atoms with Crippen LogP contribution in [0.1, 0.15) is 16.4 Å². The number of hydrogen-bond donors (Lipinski definition) is 1. The van der Waals surface area contributed by atoms with Gasteiger partial charge in [-0.1, -0.05) is 58.5 Å². The molecule has 1 aromatic heterocycles. The summed E-state index contributed by atoms with van der Waals surface area (Å²) in [4.78, 5) is 12.4. The lowest BCUT2D eigenvalue weighted by Crippen LogP contribution is -2.08. The highest BCUT2D eigenvalue weighted by molar-refractivity contribution is 7.98. The van der Waals surface area contributed by atoms with E-state index in [2.05, 4.69) is 10.1 Å². The Kier molecular flexibility index (Phi) is 9.32. The minimum Gasteiger partial charge on any atom is -0.328 e. The Morgan fingerprint density at radius 3 is 2.34 bits per heavy atom. The van der Waals surface area contributed by atoms with Gasteiger partial charge < -0.3 is 5.21 Å². The Hall–Kier alpha value is -1.71. The number of thioether (sulfide) groups is 1. The van der Waals surface area contributed by atoms with Crippen LogP contribution in [0.25, 0.3) is 0 Å². The molecule has 1 heterocycles.